The monoisotopic (exact) mass is 190 g/mol. The lowest BCUT2D eigenvalue weighted by Crippen LogP contribution is -2.78. The molecule has 1 N–H and O–H groups in total. The Morgan fingerprint density at radius 3 is 2.25 bits per heavy atom. The van der Waals surface area contributed by atoms with E-state index in [1.54, 1.807) is 13.8 Å². The summed E-state index contributed by atoms with van der Waals surface area (Å²) in [4.78, 5) is 0. The lowest BCUT2D eigenvalue weighted by molar-refractivity contribution is -0.0531. The molecule has 70 valence electrons. The zero-order chi connectivity index (χ0) is 9.31. The molecule has 1 aliphatic carbocycles. The van der Waals surface area contributed by atoms with Crippen LogP contribution < -0.4 is 0 Å². The molecule has 1 saturated carbocycles. The molecular formula is C8H14O3S. The molecule has 12 heavy (non-hydrogen) atoms. The van der Waals surface area contributed by atoms with E-state index in [1.165, 1.54) is 0 Å². The molecule has 2 aliphatic rings. The van der Waals surface area contributed by atoms with Gasteiger partial charge in [0.2, 0.25) is 0 Å². The smallest absolute Gasteiger partial charge is 0.161 e. The summed E-state index contributed by atoms with van der Waals surface area (Å²) in [5.41, 5.74) is 0. The summed E-state index contributed by atoms with van der Waals surface area (Å²) < 4.78 is 22.5. The molecule has 0 spiro atoms. The standard InChI is InChI=1S/C8H14O3S/c1-4-5-7(6(4)9)12(10,11)8(5,2)3/h4-7,9H,1-3H3/t4-,5+,6+,7-/m0/s1. The van der Waals surface area contributed by atoms with Crippen LogP contribution in [0.3, 0.4) is 0 Å². The van der Waals surface area contributed by atoms with E-state index in [0.717, 1.165) is 0 Å². The van der Waals surface area contributed by atoms with E-state index in [0.29, 0.717) is 0 Å². The minimum Gasteiger partial charge on any atom is -0.391 e. The van der Waals surface area contributed by atoms with Crippen LogP contribution in [-0.2, 0) is 9.84 Å². The predicted octanol–water partition coefficient (Wildman–Crippen LogP) is 0.189. The Labute approximate surface area is 72.7 Å². The SMILES string of the molecule is C[C@@H]1[C@@H](O)[C@@H]2[C@@H]1C(C)(C)S2(=O)=O. The molecule has 0 unspecified atom stereocenters. The van der Waals surface area contributed by atoms with Crippen LogP contribution in [0.4, 0.5) is 0 Å². The van der Waals surface area contributed by atoms with Gasteiger partial charge in [0, 0.05) is 5.92 Å². The van der Waals surface area contributed by atoms with Gasteiger partial charge >= 0.3 is 0 Å². The summed E-state index contributed by atoms with van der Waals surface area (Å²) in [5.74, 6) is 0.325. The Hall–Kier alpha value is -0.0900. The van der Waals surface area contributed by atoms with Crippen LogP contribution in [0, 0.1) is 11.8 Å². The summed E-state index contributed by atoms with van der Waals surface area (Å²) in [6, 6.07) is 0. The van der Waals surface area contributed by atoms with Crippen LogP contribution in [0.2, 0.25) is 0 Å². The maximum absolute atomic E-state index is 11.5. The summed E-state index contributed by atoms with van der Waals surface area (Å²) in [6.45, 7) is 5.43. The average Bonchev–Trinajstić information content (AvgIpc) is 1.96. The van der Waals surface area contributed by atoms with Gasteiger partial charge in [0.25, 0.3) is 0 Å². The first-order chi connectivity index (χ1) is 5.32. The number of fused-ring (bicyclic) bond motifs is 1. The van der Waals surface area contributed by atoms with Gasteiger partial charge in [-0.15, -0.1) is 0 Å². The van der Waals surface area contributed by atoms with Gasteiger partial charge in [0.05, 0.1) is 16.1 Å². The number of hydrogen-bond acceptors (Lipinski definition) is 3. The number of aliphatic hydroxyl groups excluding tert-OH is 1. The third-order valence-electron chi connectivity index (χ3n) is 3.69. The third kappa shape index (κ3) is 0.577. The van der Waals surface area contributed by atoms with E-state index in [4.69, 9.17) is 0 Å². The minimum atomic E-state index is -3.03. The highest BCUT2D eigenvalue weighted by Gasteiger charge is 2.73. The van der Waals surface area contributed by atoms with Crippen molar-refractivity contribution in [2.75, 3.05) is 0 Å². The summed E-state index contributed by atoms with van der Waals surface area (Å²) >= 11 is 0. The van der Waals surface area contributed by atoms with Gasteiger partial charge in [-0.05, 0) is 19.8 Å². The molecule has 2 rings (SSSR count). The number of sulfone groups is 1. The summed E-state index contributed by atoms with van der Waals surface area (Å²) in [6.07, 6.45) is -0.618. The Balaban J connectivity index is 2.38. The van der Waals surface area contributed by atoms with Crippen molar-refractivity contribution >= 4 is 9.84 Å². The number of hydrogen-bond donors (Lipinski definition) is 1. The van der Waals surface area contributed by atoms with Crippen molar-refractivity contribution in [1.29, 1.82) is 0 Å². The van der Waals surface area contributed by atoms with Crippen molar-refractivity contribution in [2.24, 2.45) is 11.8 Å². The lowest BCUT2D eigenvalue weighted by Gasteiger charge is -2.63. The average molecular weight is 190 g/mol. The maximum atomic E-state index is 11.5. The topological polar surface area (TPSA) is 54.4 Å². The zero-order valence-electron chi connectivity index (χ0n) is 7.48. The van der Waals surface area contributed by atoms with Crippen LogP contribution in [0.1, 0.15) is 20.8 Å². The second-order valence-corrected chi connectivity index (χ2v) is 7.18. The van der Waals surface area contributed by atoms with Gasteiger partial charge in [-0.25, -0.2) is 8.42 Å². The molecule has 3 nitrogen and oxygen atoms in total. The van der Waals surface area contributed by atoms with Crippen molar-refractivity contribution in [3.63, 3.8) is 0 Å². The fourth-order valence-corrected chi connectivity index (χ4v) is 5.56. The van der Waals surface area contributed by atoms with Gasteiger partial charge in [-0.3, -0.25) is 0 Å². The van der Waals surface area contributed by atoms with Crippen molar-refractivity contribution in [2.45, 2.75) is 36.9 Å². The molecule has 1 aliphatic heterocycles. The molecule has 0 amide bonds. The van der Waals surface area contributed by atoms with Crippen molar-refractivity contribution < 1.29 is 13.5 Å². The van der Waals surface area contributed by atoms with Crippen molar-refractivity contribution in [1.82, 2.24) is 0 Å². The van der Waals surface area contributed by atoms with Crippen molar-refractivity contribution in [3.05, 3.63) is 0 Å². The molecule has 0 bridgehead atoms. The first-order valence-corrected chi connectivity index (χ1v) is 5.78. The fourth-order valence-electron chi connectivity index (χ4n) is 2.75. The molecule has 0 aromatic rings. The fraction of sp³-hybridized carbons (Fsp3) is 1.00. The Kier molecular flexibility index (Phi) is 1.33. The molecule has 1 heterocycles. The zero-order valence-corrected chi connectivity index (χ0v) is 8.30. The predicted molar refractivity (Wildman–Crippen MR) is 45.4 cm³/mol. The first-order valence-electron chi connectivity index (χ1n) is 4.23. The highest BCUT2D eigenvalue weighted by molar-refractivity contribution is 7.95. The second kappa shape index (κ2) is 1.87. The minimum absolute atomic E-state index is 0.147. The third-order valence-corrected chi connectivity index (χ3v) is 6.72. The Bertz CT molecular complexity index is 317. The van der Waals surface area contributed by atoms with Crippen LogP contribution in [-0.4, -0.2) is 29.6 Å². The summed E-state index contributed by atoms with van der Waals surface area (Å²) in [5, 5.41) is 8.94. The van der Waals surface area contributed by atoms with E-state index in [2.05, 4.69) is 0 Å². The van der Waals surface area contributed by atoms with Gasteiger partial charge in [0.1, 0.15) is 0 Å². The van der Waals surface area contributed by atoms with Gasteiger partial charge in [0.15, 0.2) is 9.84 Å². The van der Waals surface area contributed by atoms with E-state index in [1.807, 2.05) is 6.92 Å². The number of rotatable bonds is 0. The molecular weight excluding hydrogens is 176 g/mol. The summed E-state index contributed by atoms with van der Waals surface area (Å²) in [7, 11) is -3.03. The molecule has 0 aromatic carbocycles. The van der Waals surface area contributed by atoms with Gasteiger partial charge in [-0.1, -0.05) is 6.92 Å². The van der Waals surface area contributed by atoms with Crippen LogP contribution in [0.5, 0.6) is 0 Å². The normalized spacial score (nSPS) is 53.3. The maximum Gasteiger partial charge on any atom is 0.161 e. The van der Waals surface area contributed by atoms with E-state index in [-0.39, 0.29) is 11.8 Å². The Morgan fingerprint density at radius 1 is 1.33 bits per heavy atom. The largest absolute Gasteiger partial charge is 0.391 e. The van der Waals surface area contributed by atoms with Crippen molar-refractivity contribution in [3.8, 4) is 0 Å². The van der Waals surface area contributed by atoms with E-state index in [9.17, 15) is 13.5 Å². The van der Waals surface area contributed by atoms with E-state index >= 15 is 0 Å². The molecule has 0 aromatic heterocycles. The number of aliphatic hydroxyl groups is 1. The molecule has 1 saturated heterocycles. The first kappa shape index (κ1) is 8.51. The van der Waals surface area contributed by atoms with E-state index < -0.39 is 25.9 Å². The van der Waals surface area contributed by atoms with Crippen LogP contribution in [0.15, 0.2) is 0 Å². The van der Waals surface area contributed by atoms with Gasteiger partial charge < -0.3 is 5.11 Å². The van der Waals surface area contributed by atoms with Crippen LogP contribution >= 0.6 is 0 Å². The highest BCUT2D eigenvalue weighted by atomic mass is 32.2. The Morgan fingerprint density at radius 2 is 1.83 bits per heavy atom. The highest BCUT2D eigenvalue weighted by Crippen LogP contribution is 2.59. The second-order valence-electron chi connectivity index (χ2n) is 4.49. The lowest BCUT2D eigenvalue weighted by atomic mass is 9.64. The van der Waals surface area contributed by atoms with Crippen LogP contribution in [0.25, 0.3) is 0 Å². The molecule has 4 atom stereocenters. The molecule has 0 radical (unpaired) electrons. The molecule has 4 heteroatoms. The molecule has 2 fully saturated rings. The quantitative estimate of drug-likeness (QED) is 0.593. The van der Waals surface area contributed by atoms with Gasteiger partial charge in [-0.2, -0.15) is 0 Å².